The summed E-state index contributed by atoms with van der Waals surface area (Å²) in [5.41, 5.74) is 2.12. The number of alkyl halides is 1. The minimum atomic E-state index is -3.25. The van der Waals surface area contributed by atoms with Crippen LogP contribution in [0.4, 0.5) is 4.39 Å². The molecule has 1 aromatic carbocycles. The molecular weight excluding hydrogens is 501 g/mol. The van der Waals surface area contributed by atoms with Gasteiger partial charge in [0.1, 0.15) is 18.8 Å². The van der Waals surface area contributed by atoms with E-state index in [0.717, 1.165) is 24.0 Å². The molecule has 12 heteroatoms. The SMILES string of the molecule is CO[C@H](c1ccc(C2CCCS(=O)(=O)N2)cc1)[C@@H](CF)N=C/C(CCN(C)[C@H]1C[C@@H](C)O[C@@H](O)C1)=N\N. The van der Waals surface area contributed by atoms with Crippen LogP contribution in [0.3, 0.4) is 0 Å². The van der Waals surface area contributed by atoms with E-state index >= 15 is 0 Å². The number of aliphatic imine (C=N–C) groups is 1. The van der Waals surface area contributed by atoms with Crippen LogP contribution in [-0.2, 0) is 19.5 Å². The second-order valence-electron chi connectivity index (χ2n) is 9.83. The topological polar surface area (TPSA) is 139 Å². The first-order valence-corrected chi connectivity index (χ1v) is 14.3. The van der Waals surface area contributed by atoms with Crippen molar-refractivity contribution in [1.82, 2.24) is 9.62 Å². The lowest BCUT2D eigenvalue weighted by Crippen LogP contribution is -2.43. The molecule has 0 amide bonds. The molecule has 0 saturated carbocycles. The smallest absolute Gasteiger partial charge is 0.212 e. The molecular formula is C25H40FN5O5S. The summed E-state index contributed by atoms with van der Waals surface area (Å²) in [7, 11) is 0.229. The second-order valence-corrected chi connectivity index (χ2v) is 11.7. The molecule has 1 unspecified atom stereocenters. The Labute approximate surface area is 219 Å². The highest BCUT2D eigenvalue weighted by Crippen LogP contribution is 2.28. The monoisotopic (exact) mass is 541 g/mol. The maximum atomic E-state index is 14.0. The molecule has 2 heterocycles. The molecule has 208 valence electrons. The molecule has 1 aromatic rings. The van der Waals surface area contributed by atoms with Crippen LogP contribution in [0.15, 0.2) is 34.4 Å². The lowest BCUT2D eigenvalue weighted by molar-refractivity contribution is -0.173. The number of benzene rings is 1. The van der Waals surface area contributed by atoms with Gasteiger partial charge in [0.05, 0.1) is 17.6 Å². The third kappa shape index (κ3) is 8.52. The van der Waals surface area contributed by atoms with Gasteiger partial charge in [0, 0.05) is 44.8 Å². The number of halogens is 1. The number of hydrogen-bond donors (Lipinski definition) is 3. The lowest BCUT2D eigenvalue weighted by atomic mass is 9.97. The maximum Gasteiger partial charge on any atom is 0.212 e. The van der Waals surface area contributed by atoms with Gasteiger partial charge in [-0.15, -0.1) is 0 Å². The van der Waals surface area contributed by atoms with Crippen molar-refractivity contribution in [2.24, 2.45) is 15.9 Å². The first kappa shape index (κ1) is 29.6. The Kier molecular flexibility index (Phi) is 11.0. The predicted molar refractivity (Wildman–Crippen MR) is 142 cm³/mol. The van der Waals surface area contributed by atoms with Crippen molar-refractivity contribution in [2.45, 2.75) is 75.7 Å². The fourth-order valence-electron chi connectivity index (χ4n) is 4.95. The predicted octanol–water partition coefficient (Wildman–Crippen LogP) is 2.06. The summed E-state index contributed by atoms with van der Waals surface area (Å²) >= 11 is 0. The molecule has 2 saturated heterocycles. The summed E-state index contributed by atoms with van der Waals surface area (Å²) in [6.45, 7) is 1.85. The highest BCUT2D eigenvalue weighted by molar-refractivity contribution is 7.89. The number of sulfonamides is 1. The van der Waals surface area contributed by atoms with E-state index in [9.17, 15) is 17.9 Å². The average Bonchev–Trinajstić information content (AvgIpc) is 2.87. The summed E-state index contributed by atoms with van der Waals surface area (Å²) in [6, 6.07) is 6.44. The molecule has 3 rings (SSSR count). The minimum absolute atomic E-state index is 0.0160. The Morgan fingerprint density at radius 3 is 2.70 bits per heavy atom. The minimum Gasteiger partial charge on any atom is -0.374 e. The molecule has 37 heavy (non-hydrogen) atoms. The van der Waals surface area contributed by atoms with Gasteiger partial charge in [0.15, 0.2) is 6.29 Å². The molecule has 6 atom stereocenters. The molecule has 0 spiro atoms. The molecule has 4 N–H and O–H groups in total. The van der Waals surface area contributed by atoms with E-state index in [1.54, 1.807) is 0 Å². The summed E-state index contributed by atoms with van der Waals surface area (Å²) in [5.74, 6) is 5.72. The zero-order valence-corrected chi connectivity index (χ0v) is 22.6. The number of aliphatic hydroxyl groups excluding tert-OH is 1. The maximum absolute atomic E-state index is 14.0. The summed E-state index contributed by atoms with van der Waals surface area (Å²) < 4.78 is 51.5. The van der Waals surface area contributed by atoms with Gasteiger partial charge in [-0.1, -0.05) is 24.3 Å². The summed E-state index contributed by atoms with van der Waals surface area (Å²) in [5, 5.41) is 13.7. The van der Waals surface area contributed by atoms with Crippen molar-refractivity contribution in [3.63, 3.8) is 0 Å². The fourth-order valence-corrected chi connectivity index (χ4v) is 6.30. The highest BCUT2D eigenvalue weighted by Gasteiger charge is 2.29. The zero-order chi connectivity index (χ0) is 27.0. The van der Waals surface area contributed by atoms with Crippen LogP contribution in [0.1, 0.15) is 62.3 Å². The number of rotatable bonds is 11. The molecule has 2 aliphatic heterocycles. The van der Waals surface area contributed by atoms with Crippen molar-refractivity contribution < 1.29 is 27.4 Å². The molecule has 2 fully saturated rings. The van der Waals surface area contributed by atoms with E-state index < -0.39 is 35.1 Å². The zero-order valence-electron chi connectivity index (χ0n) is 21.8. The standard InChI is InChI=1S/C25H40FN5O5S/c1-17-13-21(14-24(32)36-17)31(2)11-10-20(29-27)16-28-23(15-26)25(35-3)19-8-6-18(7-9-19)22-5-4-12-37(33,34)30-22/h6-9,16-17,21-25,30,32H,4-5,10-15,27H2,1-3H3/b28-16?,29-20-/t17-,21+,22?,23-,24-,25-/m1/s1. The van der Waals surface area contributed by atoms with Crippen LogP contribution in [0.25, 0.3) is 0 Å². The highest BCUT2D eigenvalue weighted by atomic mass is 32.2. The van der Waals surface area contributed by atoms with E-state index in [4.69, 9.17) is 15.3 Å². The van der Waals surface area contributed by atoms with Gasteiger partial charge in [-0.3, -0.25) is 4.99 Å². The van der Waals surface area contributed by atoms with E-state index in [1.165, 1.54) is 13.3 Å². The normalized spacial score (nSPS) is 28.4. The van der Waals surface area contributed by atoms with Crippen LogP contribution in [0, 0.1) is 0 Å². The average molecular weight is 542 g/mol. The van der Waals surface area contributed by atoms with Crippen LogP contribution >= 0.6 is 0 Å². The first-order chi connectivity index (χ1) is 17.7. The Morgan fingerprint density at radius 1 is 1.38 bits per heavy atom. The van der Waals surface area contributed by atoms with Crippen LogP contribution in [0.5, 0.6) is 0 Å². The number of methoxy groups -OCH3 is 1. The van der Waals surface area contributed by atoms with Crippen molar-refractivity contribution >= 4 is 21.9 Å². The molecule has 0 radical (unpaired) electrons. The number of ether oxygens (including phenoxy) is 2. The third-order valence-corrected chi connectivity index (χ3v) is 8.52. The third-order valence-electron chi connectivity index (χ3n) is 7.05. The van der Waals surface area contributed by atoms with Gasteiger partial charge in [0.25, 0.3) is 0 Å². The number of aliphatic hydroxyl groups is 1. The van der Waals surface area contributed by atoms with Crippen molar-refractivity contribution in [2.75, 3.05) is 33.1 Å². The number of nitrogens with one attached hydrogen (secondary N) is 1. The van der Waals surface area contributed by atoms with Crippen molar-refractivity contribution in [3.05, 3.63) is 35.4 Å². The van der Waals surface area contributed by atoms with Gasteiger partial charge < -0.3 is 25.3 Å². The van der Waals surface area contributed by atoms with E-state index in [-0.39, 0.29) is 23.9 Å². The van der Waals surface area contributed by atoms with Gasteiger partial charge in [-0.2, -0.15) is 5.10 Å². The van der Waals surface area contributed by atoms with Gasteiger partial charge in [-0.25, -0.2) is 17.5 Å². The fraction of sp³-hybridized carbons (Fsp3) is 0.680. The Bertz CT molecular complexity index is 1010. The van der Waals surface area contributed by atoms with Crippen LogP contribution in [-0.4, -0.2) is 88.0 Å². The number of nitrogens with zero attached hydrogens (tertiary/aromatic N) is 3. The first-order valence-electron chi connectivity index (χ1n) is 12.7. The summed E-state index contributed by atoms with van der Waals surface area (Å²) in [6.07, 6.45) is 3.29. The molecule has 0 aliphatic carbocycles. The van der Waals surface area contributed by atoms with Crippen LogP contribution in [0.2, 0.25) is 0 Å². The van der Waals surface area contributed by atoms with E-state index in [0.29, 0.717) is 31.5 Å². The largest absolute Gasteiger partial charge is 0.374 e. The van der Waals surface area contributed by atoms with Gasteiger partial charge in [-0.05, 0) is 44.4 Å². The van der Waals surface area contributed by atoms with Crippen molar-refractivity contribution in [3.8, 4) is 0 Å². The number of hydrazone groups is 1. The Morgan fingerprint density at radius 2 is 2.11 bits per heavy atom. The Balaban J connectivity index is 1.60. The van der Waals surface area contributed by atoms with E-state index in [2.05, 4.69) is 19.7 Å². The molecule has 0 bridgehead atoms. The quantitative estimate of drug-likeness (QED) is 0.221. The van der Waals surface area contributed by atoms with Gasteiger partial charge >= 0.3 is 0 Å². The second kappa shape index (κ2) is 13.7. The summed E-state index contributed by atoms with van der Waals surface area (Å²) in [4.78, 5) is 6.54. The lowest BCUT2D eigenvalue weighted by Gasteiger charge is -2.36. The number of nitrogens with two attached hydrogens (primary N) is 1. The number of hydrogen-bond acceptors (Lipinski definition) is 9. The molecule has 10 nitrogen and oxygen atoms in total. The van der Waals surface area contributed by atoms with Crippen molar-refractivity contribution in [1.29, 1.82) is 0 Å². The van der Waals surface area contributed by atoms with Gasteiger partial charge in [0.2, 0.25) is 10.0 Å². The Hall–Kier alpha value is -1.96. The van der Waals surface area contributed by atoms with Crippen LogP contribution < -0.4 is 10.6 Å². The molecule has 0 aromatic heterocycles. The van der Waals surface area contributed by atoms with E-state index in [1.807, 2.05) is 38.2 Å². The molecule has 2 aliphatic rings.